The van der Waals surface area contributed by atoms with Crippen LogP contribution in [0.2, 0.25) is 0 Å². The largest absolute Gasteiger partial charge is 0.496 e. The summed E-state index contributed by atoms with van der Waals surface area (Å²) < 4.78 is 5.30. The van der Waals surface area contributed by atoms with Gasteiger partial charge >= 0.3 is 0 Å². The molecule has 0 spiro atoms. The van der Waals surface area contributed by atoms with E-state index >= 15 is 0 Å². The van der Waals surface area contributed by atoms with Gasteiger partial charge in [-0.2, -0.15) is 0 Å². The second kappa shape index (κ2) is 6.44. The maximum Gasteiger partial charge on any atom is 0.257 e. The van der Waals surface area contributed by atoms with Crippen LogP contribution >= 0.6 is 11.3 Å². The zero-order valence-corrected chi connectivity index (χ0v) is 13.6. The van der Waals surface area contributed by atoms with Crippen molar-refractivity contribution in [3.8, 4) is 5.75 Å². The fourth-order valence-corrected chi connectivity index (χ4v) is 3.66. The zero-order chi connectivity index (χ0) is 15.5. The Morgan fingerprint density at radius 2 is 2.18 bits per heavy atom. The number of methoxy groups -OCH3 is 1. The van der Waals surface area contributed by atoms with E-state index in [1.165, 1.54) is 0 Å². The van der Waals surface area contributed by atoms with Gasteiger partial charge in [-0.1, -0.05) is 12.1 Å². The molecule has 6 heteroatoms. The minimum Gasteiger partial charge on any atom is -0.496 e. The highest BCUT2D eigenvalue weighted by Gasteiger charge is 2.28. The van der Waals surface area contributed by atoms with Gasteiger partial charge in [0.1, 0.15) is 15.8 Å². The van der Waals surface area contributed by atoms with Crippen LogP contribution in [0.15, 0.2) is 24.3 Å². The molecule has 0 aliphatic carbocycles. The van der Waals surface area contributed by atoms with Crippen LogP contribution in [0, 0.1) is 6.92 Å². The first-order chi connectivity index (χ1) is 10.7. The normalized spacial score (nSPS) is 18.3. The molecule has 0 N–H and O–H groups in total. The molecule has 0 unspecified atom stereocenters. The summed E-state index contributed by atoms with van der Waals surface area (Å²) >= 11 is 1.63. The minimum absolute atomic E-state index is 0.0309. The molecule has 1 amide bonds. The molecule has 1 atom stereocenters. The van der Waals surface area contributed by atoms with E-state index in [9.17, 15) is 4.79 Å². The van der Waals surface area contributed by atoms with Crippen molar-refractivity contribution in [2.45, 2.75) is 25.7 Å². The van der Waals surface area contributed by atoms with Gasteiger partial charge in [-0.15, -0.1) is 21.5 Å². The Labute approximate surface area is 133 Å². The number of rotatable bonds is 3. The molecular formula is C16H19N3O2S. The lowest BCUT2D eigenvalue weighted by atomic mass is 9.98. The van der Waals surface area contributed by atoms with Gasteiger partial charge in [0, 0.05) is 19.0 Å². The topological polar surface area (TPSA) is 55.3 Å². The predicted molar refractivity (Wildman–Crippen MR) is 85.5 cm³/mol. The van der Waals surface area contributed by atoms with Crippen molar-refractivity contribution in [3.05, 3.63) is 39.8 Å². The van der Waals surface area contributed by atoms with Gasteiger partial charge in [0.05, 0.1) is 12.7 Å². The van der Waals surface area contributed by atoms with Crippen LogP contribution in [0.1, 0.15) is 39.1 Å². The van der Waals surface area contributed by atoms with Crippen LogP contribution < -0.4 is 4.74 Å². The van der Waals surface area contributed by atoms with Crippen molar-refractivity contribution in [3.63, 3.8) is 0 Å². The van der Waals surface area contributed by atoms with Crippen molar-refractivity contribution >= 4 is 17.2 Å². The van der Waals surface area contributed by atoms with E-state index in [4.69, 9.17) is 4.74 Å². The molecule has 22 heavy (non-hydrogen) atoms. The molecule has 0 radical (unpaired) electrons. The summed E-state index contributed by atoms with van der Waals surface area (Å²) in [7, 11) is 1.59. The number of nitrogens with zero attached hydrogens (tertiary/aromatic N) is 3. The average molecular weight is 317 g/mol. The Kier molecular flexibility index (Phi) is 4.38. The molecule has 1 saturated heterocycles. The van der Waals surface area contributed by atoms with E-state index in [0.717, 1.165) is 29.4 Å². The van der Waals surface area contributed by atoms with Gasteiger partial charge in [0.15, 0.2) is 0 Å². The monoisotopic (exact) mass is 317 g/mol. The Balaban J connectivity index is 1.78. The number of ether oxygens (including phenoxy) is 1. The Morgan fingerprint density at radius 1 is 1.36 bits per heavy atom. The van der Waals surface area contributed by atoms with Crippen LogP contribution in [0.4, 0.5) is 0 Å². The van der Waals surface area contributed by atoms with Crippen LogP contribution in [0.3, 0.4) is 0 Å². The van der Waals surface area contributed by atoms with E-state index < -0.39 is 0 Å². The van der Waals surface area contributed by atoms with Gasteiger partial charge in [0.2, 0.25) is 0 Å². The Bertz CT molecular complexity index is 671. The van der Waals surface area contributed by atoms with Crippen molar-refractivity contribution in [2.24, 2.45) is 0 Å². The summed E-state index contributed by atoms with van der Waals surface area (Å²) in [6.07, 6.45) is 2.05. The number of hydrogen-bond donors (Lipinski definition) is 0. The second-order valence-corrected chi connectivity index (χ2v) is 6.66. The lowest BCUT2D eigenvalue weighted by Crippen LogP contribution is -2.39. The van der Waals surface area contributed by atoms with Gasteiger partial charge in [-0.25, -0.2) is 0 Å². The van der Waals surface area contributed by atoms with E-state index in [2.05, 4.69) is 10.2 Å². The Morgan fingerprint density at radius 3 is 2.91 bits per heavy atom. The van der Waals surface area contributed by atoms with Crippen LogP contribution in [-0.2, 0) is 0 Å². The highest BCUT2D eigenvalue weighted by atomic mass is 32.1. The van der Waals surface area contributed by atoms with Crippen molar-refractivity contribution in [2.75, 3.05) is 20.2 Å². The third kappa shape index (κ3) is 2.97. The zero-order valence-electron chi connectivity index (χ0n) is 12.8. The fourth-order valence-electron chi connectivity index (χ4n) is 2.83. The number of carbonyl (C=O) groups excluding carboxylic acids is 1. The first-order valence-corrected chi connectivity index (χ1v) is 8.23. The highest BCUT2D eigenvalue weighted by molar-refractivity contribution is 7.11. The third-order valence-corrected chi connectivity index (χ3v) is 4.94. The van der Waals surface area contributed by atoms with E-state index in [1.54, 1.807) is 18.4 Å². The summed E-state index contributed by atoms with van der Waals surface area (Å²) in [5.74, 6) is 0.948. The maximum atomic E-state index is 12.8. The molecule has 0 bridgehead atoms. The van der Waals surface area contributed by atoms with Gasteiger partial charge in [-0.3, -0.25) is 4.79 Å². The molecule has 0 saturated carbocycles. The number of benzene rings is 1. The van der Waals surface area contributed by atoms with Gasteiger partial charge in [0.25, 0.3) is 5.91 Å². The van der Waals surface area contributed by atoms with Crippen LogP contribution in [-0.4, -0.2) is 41.2 Å². The molecule has 1 aliphatic heterocycles. The minimum atomic E-state index is 0.0309. The molecule has 1 fully saturated rings. The molecule has 116 valence electrons. The smallest absolute Gasteiger partial charge is 0.257 e. The van der Waals surface area contributed by atoms with Crippen molar-refractivity contribution < 1.29 is 9.53 Å². The quantitative estimate of drug-likeness (QED) is 0.873. The number of aromatic nitrogens is 2. The fraction of sp³-hybridized carbons (Fsp3) is 0.438. The van der Waals surface area contributed by atoms with Gasteiger partial charge in [-0.05, 0) is 31.9 Å². The van der Waals surface area contributed by atoms with Crippen LogP contribution in [0.5, 0.6) is 5.75 Å². The number of hydrogen-bond acceptors (Lipinski definition) is 5. The van der Waals surface area contributed by atoms with E-state index in [-0.39, 0.29) is 5.91 Å². The molecular weight excluding hydrogens is 298 g/mol. The summed E-state index contributed by atoms with van der Waals surface area (Å²) in [6, 6.07) is 7.38. The summed E-state index contributed by atoms with van der Waals surface area (Å²) in [5.41, 5.74) is 0.624. The molecule has 5 nitrogen and oxygen atoms in total. The number of carbonyl (C=O) groups is 1. The molecule has 1 aromatic heterocycles. The summed E-state index contributed by atoms with van der Waals surface area (Å²) in [6.45, 7) is 3.44. The second-order valence-electron chi connectivity index (χ2n) is 5.45. The molecule has 2 heterocycles. The lowest BCUT2D eigenvalue weighted by molar-refractivity contribution is 0.0703. The Hall–Kier alpha value is -1.95. The third-order valence-electron chi connectivity index (χ3n) is 3.94. The predicted octanol–water partition coefficient (Wildman–Crippen LogP) is 2.87. The number of amides is 1. The summed E-state index contributed by atoms with van der Waals surface area (Å²) in [5, 5.41) is 10.4. The molecule has 1 aromatic carbocycles. The lowest BCUT2D eigenvalue weighted by Gasteiger charge is -2.32. The standard InChI is InChI=1S/C16H19N3O2S/c1-11-17-18-15(22-11)12-6-5-9-19(10-12)16(20)13-7-3-4-8-14(13)21-2/h3-4,7-8,12H,5-6,9-10H2,1-2H3/t12-/m0/s1. The first-order valence-electron chi connectivity index (χ1n) is 7.41. The maximum absolute atomic E-state index is 12.8. The van der Waals surface area contributed by atoms with Gasteiger partial charge < -0.3 is 9.64 Å². The van der Waals surface area contributed by atoms with E-state index in [1.807, 2.05) is 36.1 Å². The number of likely N-dealkylation sites (tertiary alicyclic amines) is 1. The number of piperidine rings is 1. The SMILES string of the molecule is COc1ccccc1C(=O)N1CCC[C@H](c2nnc(C)s2)C1. The van der Waals surface area contributed by atoms with Crippen LogP contribution in [0.25, 0.3) is 0 Å². The molecule has 3 rings (SSSR count). The highest BCUT2D eigenvalue weighted by Crippen LogP contribution is 2.30. The molecule has 2 aromatic rings. The first kappa shape index (κ1) is 15.0. The number of aryl methyl sites for hydroxylation is 1. The van der Waals surface area contributed by atoms with E-state index in [0.29, 0.717) is 23.8 Å². The number of para-hydroxylation sites is 1. The molecule has 1 aliphatic rings. The van der Waals surface area contributed by atoms with Crippen molar-refractivity contribution in [1.29, 1.82) is 0 Å². The average Bonchev–Trinajstić information content (AvgIpc) is 3.01. The van der Waals surface area contributed by atoms with Crippen molar-refractivity contribution in [1.82, 2.24) is 15.1 Å². The summed E-state index contributed by atoms with van der Waals surface area (Å²) in [4.78, 5) is 14.7.